The molecule has 6 heteroatoms. The van der Waals surface area contributed by atoms with Gasteiger partial charge in [0, 0.05) is 16.3 Å². The highest BCUT2D eigenvalue weighted by Gasteiger charge is 2.13. The number of benzene rings is 1. The van der Waals surface area contributed by atoms with Crippen LogP contribution < -0.4 is 5.32 Å². The average Bonchev–Trinajstić information content (AvgIpc) is 2.91. The number of hydrogen-bond donors (Lipinski definition) is 2. The van der Waals surface area contributed by atoms with E-state index in [0.29, 0.717) is 17.9 Å². The highest BCUT2D eigenvalue weighted by atomic mass is 35.5. The van der Waals surface area contributed by atoms with E-state index in [4.69, 9.17) is 16.7 Å². The second kappa shape index (κ2) is 6.54. The summed E-state index contributed by atoms with van der Waals surface area (Å²) < 4.78 is 0. The maximum absolute atomic E-state index is 11.8. The van der Waals surface area contributed by atoms with E-state index in [9.17, 15) is 9.59 Å². The second-order valence-corrected chi connectivity index (χ2v) is 5.59. The number of carboxylic acid groups (broad SMARTS) is 1. The number of nitrogens with one attached hydrogen (secondary N) is 1. The molecule has 0 saturated carbocycles. The Morgan fingerprint density at radius 1 is 1.30 bits per heavy atom. The van der Waals surface area contributed by atoms with Crippen LogP contribution in [0.4, 0.5) is 5.69 Å². The Balaban J connectivity index is 2.02. The molecule has 4 nitrogen and oxygen atoms in total. The molecule has 20 heavy (non-hydrogen) atoms. The predicted octanol–water partition coefficient (Wildman–Crippen LogP) is 3.67. The van der Waals surface area contributed by atoms with Crippen molar-refractivity contribution >= 4 is 40.5 Å². The summed E-state index contributed by atoms with van der Waals surface area (Å²) in [7, 11) is 0. The zero-order valence-electron chi connectivity index (χ0n) is 10.4. The Hall–Kier alpha value is -1.85. The fraction of sp³-hybridized carbons (Fsp3) is 0.143. The molecule has 104 valence electrons. The van der Waals surface area contributed by atoms with Crippen molar-refractivity contribution in [1.29, 1.82) is 0 Å². The molecule has 2 N–H and O–H groups in total. The number of carboxylic acids is 1. The third-order valence-corrected chi connectivity index (χ3v) is 3.84. The van der Waals surface area contributed by atoms with Crippen LogP contribution in [0.1, 0.15) is 21.7 Å². The van der Waals surface area contributed by atoms with Crippen LogP contribution in [0, 0.1) is 0 Å². The molecular formula is C14H12ClNO3S. The number of halogens is 1. The molecule has 1 aromatic heterocycles. The zero-order valence-corrected chi connectivity index (χ0v) is 12.0. The Morgan fingerprint density at radius 3 is 2.75 bits per heavy atom. The van der Waals surface area contributed by atoms with Gasteiger partial charge in [0.1, 0.15) is 0 Å². The van der Waals surface area contributed by atoms with Gasteiger partial charge in [-0.15, -0.1) is 11.3 Å². The fourth-order valence-corrected chi connectivity index (χ4v) is 2.59. The first-order valence-corrected chi connectivity index (χ1v) is 7.17. The van der Waals surface area contributed by atoms with E-state index in [0.717, 1.165) is 4.88 Å². The largest absolute Gasteiger partial charge is 0.478 e. The lowest BCUT2D eigenvalue weighted by molar-refractivity contribution is -0.116. The van der Waals surface area contributed by atoms with Crippen LogP contribution in [0.5, 0.6) is 0 Å². The summed E-state index contributed by atoms with van der Waals surface area (Å²) in [6, 6.07) is 8.25. The molecule has 0 aliphatic heterocycles. The fourth-order valence-electron chi connectivity index (χ4n) is 1.71. The second-order valence-electron chi connectivity index (χ2n) is 4.12. The number of thiophene rings is 1. The summed E-state index contributed by atoms with van der Waals surface area (Å²) in [6.07, 6.45) is 0.946. The third-order valence-electron chi connectivity index (χ3n) is 2.66. The van der Waals surface area contributed by atoms with E-state index in [2.05, 4.69) is 5.32 Å². The lowest BCUT2D eigenvalue weighted by Crippen LogP contribution is -2.15. The molecule has 0 spiro atoms. The first-order valence-electron chi connectivity index (χ1n) is 5.91. The first kappa shape index (κ1) is 14.6. The van der Waals surface area contributed by atoms with E-state index in [1.54, 1.807) is 17.4 Å². The molecule has 0 atom stereocenters. The maximum atomic E-state index is 11.8. The van der Waals surface area contributed by atoms with Gasteiger partial charge < -0.3 is 10.4 Å². The average molecular weight is 310 g/mol. The normalized spacial score (nSPS) is 10.2. The molecule has 0 aliphatic rings. The molecule has 2 rings (SSSR count). The summed E-state index contributed by atoms with van der Waals surface area (Å²) >= 11 is 7.34. The summed E-state index contributed by atoms with van der Waals surface area (Å²) in [5, 5.41) is 14.0. The third kappa shape index (κ3) is 3.82. The van der Waals surface area contributed by atoms with E-state index >= 15 is 0 Å². The van der Waals surface area contributed by atoms with Gasteiger partial charge in [0.05, 0.1) is 11.3 Å². The predicted molar refractivity (Wildman–Crippen MR) is 79.7 cm³/mol. The van der Waals surface area contributed by atoms with Crippen molar-refractivity contribution in [3.8, 4) is 0 Å². The molecule has 0 bridgehead atoms. The molecule has 1 heterocycles. The first-order chi connectivity index (χ1) is 9.56. The Bertz CT molecular complexity index is 625. The number of aryl methyl sites for hydroxylation is 1. The number of hydrogen-bond acceptors (Lipinski definition) is 3. The standard InChI is InChI=1S/C14H12ClNO3S/c15-9-3-5-12(11(8-9)14(18)19)16-13(17)6-4-10-2-1-7-20-10/h1-3,5,7-8H,4,6H2,(H,16,17)(H,18,19). The Kier molecular flexibility index (Phi) is 4.76. The molecule has 1 aromatic carbocycles. The minimum Gasteiger partial charge on any atom is -0.478 e. The van der Waals surface area contributed by atoms with Crippen LogP contribution in [0.25, 0.3) is 0 Å². The molecule has 0 saturated heterocycles. The highest BCUT2D eigenvalue weighted by Crippen LogP contribution is 2.21. The molecule has 1 amide bonds. The summed E-state index contributed by atoms with van der Waals surface area (Å²) in [5.41, 5.74) is 0.250. The van der Waals surface area contributed by atoms with Gasteiger partial charge in [0.2, 0.25) is 5.91 Å². The van der Waals surface area contributed by atoms with Crippen molar-refractivity contribution in [2.45, 2.75) is 12.8 Å². The highest BCUT2D eigenvalue weighted by molar-refractivity contribution is 7.09. The molecule has 0 radical (unpaired) electrons. The number of carbonyl (C=O) groups is 2. The monoisotopic (exact) mass is 309 g/mol. The van der Waals surface area contributed by atoms with E-state index in [-0.39, 0.29) is 17.2 Å². The summed E-state index contributed by atoms with van der Waals surface area (Å²) in [4.78, 5) is 24.0. The van der Waals surface area contributed by atoms with Crippen molar-refractivity contribution in [2.24, 2.45) is 0 Å². The van der Waals surface area contributed by atoms with Gasteiger partial charge >= 0.3 is 5.97 Å². The molecule has 0 unspecified atom stereocenters. The molecule has 0 fully saturated rings. The van der Waals surface area contributed by atoms with Crippen LogP contribution in [0.2, 0.25) is 5.02 Å². The van der Waals surface area contributed by atoms with Gasteiger partial charge in [-0.05, 0) is 36.1 Å². The number of rotatable bonds is 5. The van der Waals surface area contributed by atoms with Crippen LogP contribution >= 0.6 is 22.9 Å². The van der Waals surface area contributed by atoms with Gasteiger partial charge in [-0.3, -0.25) is 4.79 Å². The van der Waals surface area contributed by atoms with Crippen molar-refractivity contribution in [3.05, 3.63) is 51.2 Å². The van der Waals surface area contributed by atoms with Crippen molar-refractivity contribution in [3.63, 3.8) is 0 Å². The smallest absolute Gasteiger partial charge is 0.337 e. The number of aromatic carboxylic acids is 1. The summed E-state index contributed by atoms with van der Waals surface area (Å²) in [6.45, 7) is 0. The maximum Gasteiger partial charge on any atom is 0.337 e. The van der Waals surface area contributed by atoms with E-state index in [1.165, 1.54) is 12.1 Å². The number of amides is 1. The quantitative estimate of drug-likeness (QED) is 0.885. The van der Waals surface area contributed by atoms with Crippen molar-refractivity contribution in [2.75, 3.05) is 5.32 Å². The minimum absolute atomic E-state index is 0.0121. The molecular weight excluding hydrogens is 298 g/mol. The van der Waals surface area contributed by atoms with Crippen LogP contribution in [0.15, 0.2) is 35.7 Å². The number of anilines is 1. The number of carbonyl (C=O) groups excluding carboxylic acids is 1. The topological polar surface area (TPSA) is 66.4 Å². The van der Waals surface area contributed by atoms with Crippen molar-refractivity contribution < 1.29 is 14.7 Å². The van der Waals surface area contributed by atoms with Crippen LogP contribution in [0.3, 0.4) is 0 Å². The van der Waals surface area contributed by atoms with Crippen LogP contribution in [-0.2, 0) is 11.2 Å². The zero-order chi connectivity index (χ0) is 14.5. The van der Waals surface area contributed by atoms with Gasteiger partial charge in [0.15, 0.2) is 0 Å². The van der Waals surface area contributed by atoms with Crippen LogP contribution in [-0.4, -0.2) is 17.0 Å². The van der Waals surface area contributed by atoms with Gasteiger partial charge in [0.25, 0.3) is 0 Å². The van der Waals surface area contributed by atoms with E-state index < -0.39 is 5.97 Å². The Morgan fingerprint density at radius 2 is 2.10 bits per heavy atom. The minimum atomic E-state index is -1.12. The molecule has 2 aromatic rings. The Labute approximate surface area is 125 Å². The summed E-state index contributed by atoms with van der Waals surface area (Å²) in [5.74, 6) is -1.34. The van der Waals surface area contributed by atoms with E-state index in [1.807, 2.05) is 17.5 Å². The lowest BCUT2D eigenvalue weighted by Gasteiger charge is -2.08. The van der Waals surface area contributed by atoms with Gasteiger partial charge in [-0.2, -0.15) is 0 Å². The SMILES string of the molecule is O=C(CCc1cccs1)Nc1ccc(Cl)cc1C(=O)O. The van der Waals surface area contributed by atoms with Gasteiger partial charge in [-0.25, -0.2) is 4.79 Å². The molecule has 0 aliphatic carbocycles. The van der Waals surface area contributed by atoms with Gasteiger partial charge in [-0.1, -0.05) is 17.7 Å². The lowest BCUT2D eigenvalue weighted by atomic mass is 10.1. The van der Waals surface area contributed by atoms with Crippen molar-refractivity contribution in [1.82, 2.24) is 0 Å².